The number of nitrogens with zero attached hydrogens (tertiary/aromatic N) is 5. The lowest BCUT2D eigenvalue weighted by molar-refractivity contribution is -0.138. The average molecular weight is 664 g/mol. The molecule has 5 amide bonds. The summed E-state index contributed by atoms with van der Waals surface area (Å²) in [7, 11) is 0. The molecule has 2 aliphatic heterocycles. The lowest BCUT2D eigenvalue weighted by Gasteiger charge is -2.35. The maximum absolute atomic E-state index is 13.4. The number of amides is 5. The van der Waals surface area contributed by atoms with Crippen molar-refractivity contribution < 1.29 is 52.5 Å². The number of carbonyl (C=O) groups excluding carboxylic acids is 4. The monoisotopic (exact) mass is 663 g/mol. The number of nitrogens with one attached hydrogen (secondary N) is 2. The number of hydrogen-bond acceptors (Lipinski definition) is 8. The highest BCUT2D eigenvalue weighted by atomic mass is 19.3. The van der Waals surface area contributed by atoms with E-state index in [2.05, 4.69) is 15.7 Å². The van der Waals surface area contributed by atoms with Crippen LogP contribution >= 0.6 is 0 Å². The molecule has 18 heteroatoms. The van der Waals surface area contributed by atoms with Gasteiger partial charge in [-0.1, -0.05) is 18.2 Å². The van der Waals surface area contributed by atoms with Crippen LogP contribution in [0.2, 0.25) is 0 Å². The molecule has 1 aromatic carbocycles. The minimum Gasteiger partial charge on any atom is -0.481 e. The Morgan fingerprint density at radius 1 is 0.957 bits per heavy atom. The number of para-hydroxylation sites is 1. The SMILES string of the molecule is O=C(O)CC[C@H](NC(=O)c1cc(OCC(=O)N2CCC(C(=O)NCC(F)F)C2)n(-c2ccccc2)n1)C(=O)N1CCN(C(=O)O)CC1. The van der Waals surface area contributed by atoms with E-state index in [0.717, 1.165) is 4.90 Å². The van der Waals surface area contributed by atoms with Crippen LogP contribution in [0.15, 0.2) is 36.4 Å². The highest BCUT2D eigenvalue weighted by Gasteiger charge is 2.33. The van der Waals surface area contributed by atoms with Gasteiger partial charge in [0.15, 0.2) is 12.3 Å². The quantitative estimate of drug-likeness (QED) is 0.230. The van der Waals surface area contributed by atoms with Crippen molar-refractivity contribution in [2.45, 2.75) is 31.7 Å². The summed E-state index contributed by atoms with van der Waals surface area (Å²) in [5.74, 6) is -4.26. The van der Waals surface area contributed by atoms with Crippen LogP contribution in [0.25, 0.3) is 5.69 Å². The summed E-state index contributed by atoms with van der Waals surface area (Å²) in [6.45, 7) is -0.763. The molecule has 3 heterocycles. The van der Waals surface area contributed by atoms with Crippen molar-refractivity contribution in [2.24, 2.45) is 5.92 Å². The molecular weight excluding hydrogens is 628 g/mol. The van der Waals surface area contributed by atoms with Crippen molar-refractivity contribution in [1.82, 2.24) is 35.1 Å². The Balaban J connectivity index is 1.45. The molecule has 4 N–H and O–H groups in total. The molecule has 16 nitrogen and oxygen atoms in total. The Labute approximate surface area is 267 Å². The van der Waals surface area contributed by atoms with Crippen LogP contribution in [-0.4, -0.2) is 135 Å². The Hall–Kier alpha value is -5.29. The number of carboxylic acids is 1. The fraction of sp³-hybridized carbons (Fsp3) is 0.483. The second-order valence-corrected chi connectivity index (χ2v) is 10.9. The van der Waals surface area contributed by atoms with Crippen LogP contribution in [0, 0.1) is 5.92 Å². The molecule has 2 fully saturated rings. The maximum atomic E-state index is 13.4. The lowest BCUT2D eigenvalue weighted by atomic mass is 10.1. The molecule has 0 bridgehead atoms. The van der Waals surface area contributed by atoms with E-state index in [1.807, 2.05) is 0 Å². The largest absolute Gasteiger partial charge is 0.481 e. The number of piperazine rings is 1. The second kappa shape index (κ2) is 15.8. The molecule has 0 aliphatic carbocycles. The van der Waals surface area contributed by atoms with Crippen molar-refractivity contribution in [1.29, 1.82) is 0 Å². The molecule has 0 radical (unpaired) electrons. The van der Waals surface area contributed by atoms with E-state index in [9.17, 15) is 47.8 Å². The van der Waals surface area contributed by atoms with Gasteiger partial charge in [0.1, 0.15) is 6.04 Å². The van der Waals surface area contributed by atoms with Gasteiger partial charge in [0.25, 0.3) is 18.2 Å². The van der Waals surface area contributed by atoms with Gasteiger partial charge in [-0.05, 0) is 25.0 Å². The molecule has 1 unspecified atom stereocenters. The maximum Gasteiger partial charge on any atom is 0.407 e. The predicted molar refractivity (Wildman–Crippen MR) is 157 cm³/mol. The van der Waals surface area contributed by atoms with E-state index in [4.69, 9.17) is 4.74 Å². The van der Waals surface area contributed by atoms with Crippen LogP contribution in [0.3, 0.4) is 0 Å². The standard InChI is InChI=1S/C29H35F2N7O9/c30-22(31)15-32-26(42)18-8-9-37(16-18)23(39)17-47-24-14-21(34-38(24)19-4-2-1-3-5-19)27(43)33-20(6-7-25(40)41)28(44)35-10-12-36(13-11-35)29(45)46/h1-5,14,18,20,22H,6-13,15-17H2,(H,32,42)(H,33,43)(H,40,41)(H,45,46)/t18?,20-/m0/s1. The Kier molecular flexibility index (Phi) is 11.6. The molecule has 2 atom stereocenters. The third-order valence-corrected chi connectivity index (χ3v) is 7.71. The van der Waals surface area contributed by atoms with Crippen LogP contribution < -0.4 is 15.4 Å². The van der Waals surface area contributed by atoms with Gasteiger partial charge in [-0.3, -0.25) is 24.0 Å². The first-order chi connectivity index (χ1) is 22.4. The number of carbonyl (C=O) groups is 6. The van der Waals surface area contributed by atoms with Crippen LogP contribution in [0.4, 0.5) is 13.6 Å². The molecular formula is C29H35F2N7O9. The number of benzene rings is 1. The van der Waals surface area contributed by atoms with E-state index < -0.39 is 73.6 Å². The number of carboxylic acid groups (broad SMARTS) is 2. The molecule has 47 heavy (non-hydrogen) atoms. The van der Waals surface area contributed by atoms with Crippen LogP contribution in [0.1, 0.15) is 29.8 Å². The lowest BCUT2D eigenvalue weighted by Crippen LogP contribution is -2.55. The van der Waals surface area contributed by atoms with Crippen LogP contribution in [-0.2, 0) is 19.2 Å². The number of halogens is 2. The average Bonchev–Trinajstić information content (AvgIpc) is 3.73. The first kappa shape index (κ1) is 34.6. The number of alkyl halides is 2. The third-order valence-electron chi connectivity index (χ3n) is 7.71. The van der Waals surface area contributed by atoms with Gasteiger partial charge < -0.3 is 40.3 Å². The number of aliphatic carboxylic acids is 1. The second-order valence-electron chi connectivity index (χ2n) is 10.9. The summed E-state index contributed by atoms with van der Waals surface area (Å²) in [6.07, 6.45) is -4.17. The van der Waals surface area contributed by atoms with E-state index in [-0.39, 0.29) is 57.3 Å². The Morgan fingerprint density at radius 2 is 1.64 bits per heavy atom. The first-order valence-electron chi connectivity index (χ1n) is 14.8. The summed E-state index contributed by atoms with van der Waals surface area (Å²) in [6, 6.07) is 8.51. The minimum absolute atomic E-state index is 0.00155. The van der Waals surface area contributed by atoms with Gasteiger partial charge in [0.2, 0.25) is 17.7 Å². The number of aromatic nitrogens is 2. The van der Waals surface area contributed by atoms with Crippen LogP contribution in [0.5, 0.6) is 5.88 Å². The van der Waals surface area contributed by atoms with Crippen molar-refractivity contribution in [3.05, 3.63) is 42.1 Å². The smallest absolute Gasteiger partial charge is 0.407 e. The van der Waals surface area contributed by atoms with Gasteiger partial charge in [-0.2, -0.15) is 5.10 Å². The summed E-state index contributed by atoms with van der Waals surface area (Å²) in [5.41, 5.74) is 0.276. The molecule has 2 aliphatic rings. The van der Waals surface area contributed by atoms with E-state index in [1.54, 1.807) is 30.3 Å². The van der Waals surface area contributed by atoms with Gasteiger partial charge in [-0.15, -0.1) is 0 Å². The topological polar surface area (TPSA) is 204 Å². The predicted octanol–water partition coefficient (Wildman–Crippen LogP) is 0.266. The summed E-state index contributed by atoms with van der Waals surface area (Å²) in [5, 5.41) is 27.4. The number of likely N-dealkylation sites (tertiary alicyclic amines) is 1. The number of rotatable bonds is 13. The molecule has 254 valence electrons. The molecule has 0 spiro atoms. The summed E-state index contributed by atoms with van der Waals surface area (Å²) in [4.78, 5) is 78.1. The molecule has 2 aromatic rings. The molecule has 4 rings (SSSR count). The van der Waals surface area contributed by atoms with E-state index in [1.165, 1.54) is 20.5 Å². The summed E-state index contributed by atoms with van der Waals surface area (Å²) < 4.78 is 31.9. The highest BCUT2D eigenvalue weighted by Crippen LogP contribution is 2.22. The minimum atomic E-state index is -2.69. The van der Waals surface area contributed by atoms with E-state index >= 15 is 0 Å². The highest BCUT2D eigenvalue weighted by molar-refractivity contribution is 5.96. The zero-order chi connectivity index (χ0) is 34.1. The zero-order valence-corrected chi connectivity index (χ0v) is 25.2. The third kappa shape index (κ3) is 9.36. The summed E-state index contributed by atoms with van der Waals surface area (Å²) >= 11 is 0. The van der Waals surface area contributed by atoms with Gasteiger partial charge >= 0.3 is 12.1 Å². The number of ether oxygens (including phenoxy) is 1. The molecule has 0 saturated carbocycles. The first-order valence-corrected chi connectivity index (χ1v) is 14.8. The number of hydrogen-bond donors (Lipinski definition) is 4. The zero-order valence-electron chi connectivity index (χ0n) is 25.2. The van der Waals surface area contributed by atoms with Gasteiger partial charge in [-0.25, -0.2) is 18.3 Å². The Morgan fingerprint density at radius 3 is 2.28 bits per heavy atom. The Bertz CT molecular complexity index is 1470. The van der Waals surface area contributed by atoms with Crippen molar-refractivity contribution in [2.75, 3.05) is 52.4 Å². The van der Waals surface area contributed by atoms with Gasteiger partial charge in [0.05, 0.1) is 18.2 Å². The molecule has 1 aromatic heterocycles. The van der Waals surface area contributed by atoms with E-state index in [0.29, 0.717) is 12.1 Å². The molecule has 2 saturated heterocycles. The van der Waals surface area contributed by atoms with Gasteiger partial charge in [0, 0.05) is 51.8 Å². The fourth-order valence-corrected chi connectivity index (χ4v) is 5.18. The van der Waals surface area contributed by atoms with Crippen molar-refractivity contribution in [3.63, 3.8) is 0 Å². The van der Waals surface area contributed by atoms with Crippen molar-refractivity contribution >= 4 is 35.7 Å². The van der Waals surface area contributed by atoms with Crippen molar-refractivity contribution in [3.8, 4) is 11.6 Å². The fourth-order valence-electron chi connectivity index (χ4n) is 5.18. The normalized spacial score (nSPS) is 16.9.